The highest BCUT2D eigenvalue weighted by atomic mass is 19.1. The number of hydrogen-bond donors (Lipinski definition) is 2. The maximum Gasteiger partial charge on any atom is 0.282 e. The third-order valence-corrected chi connectivity index (χ3v) is 5.49. The predicted octanol–water partition coefficient (Wildman–Crippen LogP) is 3.48. The Morgan fingerprint density at radius 2 is 2.03 bits per heavy atom. The van der Waals surface area contributed by atoms with E-state index in [9.17, 15) is 18.0 Å². The van der Waals surface area contributed by atoms with E-state index in [0.717, 1.165) is 25.5 Å². The van der Waals surface area contributed by atoms with Gasteiger partial charge in [-0.2, -0.15) is 0 Å². The Kier molecular flexibility index (Phi) is 4.89. The van der Waals surface area contributed by atoms with Crippen LogP contribution in [0.1, 0.15) is 41.7 Å². The predicted molar refractivity (Wildman–Crippen MR) is 99.7 cm³/mol. The molecule has 2 aliphatic rings. The number of carbonyl (C=O) groups excluding carboxylic acids is 1. The first-order valence-corrected chi connectivity index (χ1v) is 9.29. The summed E-state index contributed by atoms with van der Waals surface area (Å²) in [5, 5.41) is 2.49. The summed E-state index contributed by atoms with van der Waals surface area (Å²) in [6, 6.07) is 4.65. The van der Waals surface area contributed by atoms with E-state index in [1.807, 2.05) is 0 Å². The van der Waals surface area contributed by atoms with Gasteiger partial charge in [-0.05, 0) is 31.0 Å². The van der Waals surface area contributed by atoms with Crippen LogP contribution in [0.4, 0.5) is 18.9 Å². The van der Waals surface area contributed by atoms with Gasteiger partial charge in [0.05, 0.1) is 12.8 Å². The van der Waals surface area contributed by atoms with Crippen LogP contribution in [0.25, 0.3) is 0 Å². The van der Waals surface area contributed by atoms with Gasteiger partial charge in [-0.15, -0.1) is 0 Å². The van der Waals surface area contributed by atoms with Crippen molar-refractivity contribution in [1.29, 1.82) is 0 Å². The van der Waals surface area contributed by atoms with Crippen LogP contribution in [0, 0.1) is 23.4 Å². The second-order valence-electron chi connectivity index (χ2n) is 7.26. The molecule has 2 aromatic rings. The van der Waals surface area contributed by atoms with E-state index in [2.05, 4.69) is 15.3 Å². The van der Waals surface area contributed by atoms with Crippen LogP contribution in [-0.2, 0) is 10.3 Å². The van der Waals surface area contributed by atoms with E-state index in [-0.39, 0.29) is 17.6 Å². The number of nitrogens with one attached hydrogen (secondary N) is 1. The first-order valence-electron chi connectivity index (χ1n) is 9.29. The van der Waals surface area contributed by atoms with Crippen molar-refractivity contribution in [3.63, 3.8) is 0 Å². The minimum atomic E-state index is -1.09. The topological polar surface area (TPSA) is 89.6 Å². The first kappa shape index (κ1) is 19.2. The Morgan fingerprint density at radius 1 is 1.21 bits per heavy atom. The molecule has 0 saturated heterocycles. The van der Waals surface area contributed by atoms with Crippen molar-refractivity contribution in [2.45, 2.75) is 31.2 Å². The molecule has 2 atom stereocenters. The molecule has 1 aromatic heterocycles. The molecular formula is C20H19F3N4O2. The van der Waals surface area contributed by atoms with Gasteiger partial charge in [-0.3, -0.25) is 4.79 Å². The van der Waals surface area contributed by atoms with Gasteiger partial charge in [-0.1, -0.05) is 12.8 Å². The Bertz CT molecular complexity index is 998. The van der Waals surface area contributed by atoms with Gasteiger partial charge < -0.3 is 15.8 Å². The molecule has 0 bridgehead atoms. The summed E-state index contributed by atoms with van der Waals surface area (Å²) >= 11 is 0. The Hall–Kier alpha value is -3.10. The maximum atomic E-state index is 14.8. The quantitative estimate of drug-likeness (QED) is 0.820. The third kappa shape index (κ3) is 3.52. The molecule has 29 heavy (non-hydrogen) atoms. The van der Waals surface area contributed by atoms with E-state index in [1.54, 1.807) is 0 Å². The van der Waals surface area contributed by atoms with E-state index in [4.69, 9.17) is 10.5 Å². The van der Waals surface area contributed by atoms with Gasteiger partial charge in [0, 0.05) is 23.2 Å². The summed E-state index contributed by atoms with van der Waals surface area (Å²) in [4.78, 5) is 20.3. The minimum Gasteiger partial charge on any atom is -0.465 e. The zero-order valence-electron chi connectivity index (χ0n) is 15.4. The molecule has 1 aliphatic heterocycles. The Labute approximate surface area is 165 Å². The average molecular weight is 404 g/mol. The molecule has 2 heterocycles. The standard InChI is InChI=1S/C20H19F3N4O2/c21-12-7-16(23)17(25-9-12)18(28)26-13-4-5-15(22)14(8-13)20-6-2-1-3-11(20)10-29-19(24)27-20/h4-5,7-9,11H,1-3,6,10H2,(H2,24,27)(H,26,28)/t11?,20-/m0/s1. The fourth-order valence-corrected chi connectivity index (χ4v) is 4.13. The fraction of sp³-hybridized carbons (Fsp3) is 0.350. The molecule has 4 rings (SSSR count). The third-order valence-electron chi connectivity index (χ3n) is 5.49. The van der Waals surface area contributed by atoms with Crippen LogP contribution in [-0.4, -0.2) is 23.5 Å². The lowest BCUT2D eigenvalue weighted by atomic mass is 9.69. The molecule has 1 aromatic carbocycles. The van der Waals surface area contributed by atoms with Gasteiger partial charge in [0.15, 0.2) is 11.5 Å². The van der Waals surface area contributed by atoms with Crippen LogP contribution >= 0.6 is 0 Å². The summed E-state index contributed by atoms with van der Waals surface area (Å²) in [7, 11) is 0. The molecule has 1 aliphatic carbocycles. The molecule has 0 radical (unpaired) electrons. The highest BCUT2D eigenvalue weighted by molar-refractivity contribution is 6.03. The number of rotatable bonds is 3. The van der Waals surface area contributed by atoms with Crippen LogP contribution in [0.5, 0.6) is 0 Å². The number of amidine groups is 1. The number of nitrogens with two attached hydrogens (primary N) is 1. The first-order chi connectivity index (χ1) is 13.9. The van der Waals surface area contributed by atoms with Gasteiger partial charge in [0.25, 0.3) is 11.9 Å². The lowest BCUT2D eigenvalue weighted by Gasteiger charge is -2.44. The highest BCUT2D eigenvalue weighted by Crippen LogP contribution is 2.48. The number of aromatic nitrogens is 1. The summed E-state index contributed by atoms with van der Waals surface area (Å²) in [6.45, 7) is 0.343. The lowest BCUT2D eigenvalue weighted by Crippen LogP contribution is -2.46. The highest BCUT2D eigenvalue weighted by Gasteiger charge is 2.47. The number of nitrogens with zero attached hydrogens (tertiary/aromatic N) is 2. The summed E-state index contributed by atoms with van der Waals surface area (Å²) in [5.74, 6) is -3.36. The number of ether oxygens (including phenoxy) is 1. The van der Waals surface area contributed by atoms with Gasteiger partial charge in [0.2, 0.25) is 0 Å². The monoisotopic (exact) mass is 404 g/mol. The van der Waals surface area contributed by atoms with Crippen LogP contribution < -0.4 is 11.1 Å². The van der Waals surface area contributed by atoms with Gasteiger partial charge in [0.1, 0.15) is 17.2 Å². The van der Waals surface area contributed by atoms with E-state index >= 15 is 0 Å². The number of aliphatic imine (C=N–C) groups is 1. The zero-order chi connectivity index (χ0) is 20.6. The van der Waals surface area contributed by atoms with E-state index < -0.39 is 34.6 Å². The smallest absolute Gasteiger partial charge is 0.282 e. The molecule has 1 fully saturated rings. The van der Waals surface area contributed by atoms with Crippen molar-refractivity contribution in [3.8, 4) is 0 Å². The maximum absolute atomic E-state index is 14.8. The summed E-state index contributed by atoms with van der Waals surface area (Å²) in [6.07, 6.45) is 4.01. The summed E-state index contributed by atoms with van der Waals surface area (Å²) < 4.78 is 47.1. The minimum absolute atomic E-state index is 0.00886. The van der Waals surface area contributed by atoms with Crippen LogP contribution in [0.15, 0.2) is 35.5 Å². The molecule has 3 N–H and O–H groups in total. The van der Waals surface area contributed by atoms with Crippen molar-refractivity contribution in [2.75, 3.05) is 11.9 Å². The second-order valence-corrected chi connectivity index (χ2v) is 7.26. The van der Waals surface area contributed by atoms with Gasteiger partial charge >= 0.3 is 0 Å². The average Bonchev–Trinajstić information content (AvgIpc) is 2.69. The number of halogens is 3. The molecular weight excluding hydrogens is 385 g/mol. The Balaban J connectivity index is 1.69. The second kappa shape index (κ2) is 7.38. The number of benzene rings is 1. The summed E-state index contributed by atoms with van der Waals surface area (Å²) in [5.41, 5.74) is 4.92. The van der Waals surface area contributed by atoms with Crippen LogP contribution in [0.2, 0.25) is 0 Å². The van der Waals surface area contributed by atoms with Gasteiger partial charge in [-0.25, -0.2) is 23.1 Å². The Morgan fingerprint density at radius 3 is 2.83 bits per heavy atom. The number of amides is 1. The number of anilines is 1. The number of carbonyl (C=O) groups is 1. The normalized spacial score (nSPS) is 23.6. The van der Waals surface area contributed by atoms with Crippen molar-refractivity contribution in [2.24, 2.45) is 16.6 Å². The molecule has 152 valence electrons. The fourth-order valence-electron chi connectivity index (χ4n) is 4.13. The van der Waals surface area contributed by atoms with Crippen molar-refractivity contribution in [1.82, 2.24) is 4.98 Å². The molecule has 1 saturated carbocycles. The largest absolute Gasteiger partial charge is 0.465 e. The molecule has 1 amide bonds. The number of fused-ring (bicyclic) bond motifs is 1. The SMILES string of the molecule is NC1=N[C@@]2(c3cc(NC(=O)c4ncc(F)cc4F)ccc3F)CCCCC2CO1. The molecule has 6 nitrogen and oxygen atoms in total. The van der Waals surface area contributed by atoms with Crippen LogP contribution in [0.3, 0.4) is 0 Å². The van der Waals surface area contributed by atoms with Crippen molar-refractivity contribution >= 4 is 17.6 Å². The molecule has 1 unspecified atom stereocenters. The number of pyridine rings is 1. The van der Waals surface area contributed by atoms with E-state index in [0.29, 0.717) is 24.7 Å². The number of hydrogen-bond acceptors (Lipinski definition) is 5. The van der Waals surface area contributed by atoms with Crippen molar-refractivity contribution < 1.29 is 22.7 Å². The molecule has 0 spiro atoms. The molecule has 9 heteroatoms. The zero-order valence-corrected chi connectivity index (χ0v) is 15.4. The van der Waals surface area contributed by atoms with Crippen molar-refractivity contribution in [3.05, 3.63) is 59.2 Å². The van der Waals surface area contributed by atoms with E-state index in [1.165, 1.54) is 18.2 Å². The lowest BCUT2D eigenvalue weighted by molar-refractivity contribution is 0.0843.